The number of aryl methyl sites for hydroxylation is 1. The van der Waals surface area contributed by atoms with Crippen LogP contribution in [0.4, 0.5) is 0 Å². The van der Waals surface area contributed by atoms with E-state index in [1.165, 1.54) is 5.56 Å². The van der Waals surface area contributed by atoms with Gasteiger partial charge in [-0.2, -0.15) is 5.10 Å². The molecule has 0 aliphatic rings. The first-order valence-electron chi connectivity index (χ1n) is 7.12. The van der Waals surface area contributed by atoms with Crippen molar-refractivity contribution in [1.82, 2.24) is 15.1 Å². The highest BCUT2D eigenvalue weighted by Gasteiger charge is 2.10. The Balaban J connectivity index is 2.42. The van der Waals surface area contributed by atoms with Gasteiger partial charge in [0.2, 0.25) is 0 Å². The van der Waals surface area contributed by atoms with Gasteiger partial charge in [-0.25, -0.2) is 0 Å². The van der Waals surface area contributed by atoms with Crippen LogP contribution in [0.25, 0.3) is 0 Å². The highest BCUT2D eigenvalue weighted by atomic mass is 16.5. The van der Waals surface area contributed by atoms with Gasteiger partial charge in [-0.1, -0.05) is 13.8 Å². The van der Waals surface area contributed by atoms with Gasteiger partial charge >= 0.3 is 0 Å². The van der Waals surface area contributed by atoms with Crippen molar-refractivity contribution in [2.75, 3.05) is 19.8 Å². The predicted octanol–water partition coefficient (Wildman–Crippen LogP) is 2.24. The molecule has 0 radical (unpaired) electrons. The topological polar surface area (TPSA) is 39.1 Å². The Kier molecular flexibility index (Phi) is 7.69. The molecular weight excluding hydrogens is 226 g/mol. The van der Waals surface area contributed by atoms with Crippen LogP contribution >= 0.6 is 0 Å². The Bertz CT molecular complexity index is 312. The minimum atomic E-state index is 0.394. The number of ether oxygens (including phenoxy) is 1. The van der Waals surface area contributed by atoms with E-state index in [1.807, 2.05) is 10.9 Å². The molecule has 1 heterocycles. The minimum absolute atomic E-state index is 0.394. The van der Waals surface area contributed by atoms with Gasteiger partial charge in [0.1, 0.15) is 0 Å². The molecule has 1 N–H and O–H groups in total. The first-order chi connectivity index (χ1) is 8.80. The summed E-state index contributed by atoms with van der Waals surface area (Å²) in [4.78, 5) is 0. The van der Waals surface area contributed by atoms with E-state index in [2.05, 4.69) is 37.4 Å². The lowest BCUT2D eigenvalue weighted by molar-refractivity contribution is 0.111. The Morgan fingerprint density at radius 2 is 2.17 bits per heavy atom. The van der Waals surface area contributed by atoms with Crippen LogP contribution in [0.1, 0.15) is 39.2 Å². The molecule has 1 rings (SSSR count). The lowest BCUT2D eigenvalue weighted by Gasteiger charge is -2.17. The fourth-order valence-corrected chi connectivity index (χ4v) is 1.88. The van der Waals surface area contributed by atoms with Gasteiger partial charge in [0, 0.05) is 25.4 Å². The summed E-state index contributed by atoms with van der Waals surface area (Å²) in [5, 5.41) is 7.85. The molecule has 0 fully saturated rings. The molecule has 4 nitrogen and oxygen atoms in total. The van der Waals surface area contributed by atoms with Gasteiger partial charge < -0.3 is 10.1 Å². The average molecular weight is 253 g/mol. The number of rotatable bonds is 10. The molecule has 1 aromatic heterocycles. The van der Waals surface area contributed by atoms with Crippen molar-refractivity contribution in [2.24, 2.45) is 0 Å². The minimum Gasteiger partial charge on any atom is -0.380 e. The van der Waals surface area contributed by atoms with Crippen molar-refractivity contribution >= 4 is 0 Å². The molecule has 1 atom stereocenters. The van der Waals surface area contributed by atoms with E-state index in [4.69, 9.17) is 4.74 Å². The molecule has 0 amide bonds. The number of hydrogen-bond donors (Lipinski definition) is 1. The van der Waals surface area contributed by atoms with E-state index in [9.17, 15) is 0 Å². The smallest absolute Gasteiger partial charge is 0.0622 e. The SMILES string of the molecule is CCCNC(COCCC)Cc1cnn(CC)c1. The summed E-state index contributed by atoms with van der Waals surface area (Å²) in [7, 11) is 0. The summed E-state index contributed by atoms with van der Waals surface area (Å²) < 4.78 is 7.63. The van der Waals surface area contributed by atoms with Crippen LogP contribution in [0.15, 0.2) is 12.4 Å². The zero-order valence-corrected chi connectivity index (χ0v) is 12.0. The lowest BCUT2D eigenvalue weighted by Crippen LogP contribution is -2.36. The largest absolute Gasteiger partial charge is 0.380 e. The Morgan fingerprint density at radius 1 is 1.33 bits per heavy atom. The maximum atomic E-state index is 5.66. The molecule has 0 aromatic carbocycles. The molecule has 18 heavy (non-hydrogen) atoms. The second-order valence-corrected chi connectivity index (χ2v) is 4.63. The average Bonchev–Trinajstić information content (AvgIpc) is 2.83. The molecule has 0 spiro atoms. The maximum absolute atomic E-state index is 5.66. The van der Waals surface area contributed by atoms with E-state index >= 15 is 0 Å². The van der Waals surface area contributed by atoms with Gasteiger partial charge in [0.25, 0.3) is 0 Å². The predicted molar refractivity (Wildman–Crippen MR) is 74.8 cm³/mol. The van der Waals surface area contributed by atoms with Crippen LogP contribution in [0.3, 0.4) is 0 Å². The third kappa shape index (κ3) is 5.65. The third-order valence-corrected chi connectivity index (χ3v) is 2.84. The molecule has 0 aliphatic carbocycles. The second-order valence-electron chi connectivity index (χ2n) is 4.63. The van der Waals surface area contributed by atoms with Crippen LogP contribution in [0.2, 0.25) is 0 Å². The zero-order valence-electron chi connectivity index (χ0n) is 12.0. The van der Waals surface area contributed by atoms with Gasteiger partial charge in [0.05, 0.1) is 12.8 Å². The van der Waals surface area contributed by atoms with Crippen molar-refractivity contribution in [1.29, 1.82) is 0 Å². The Hall–Kier alpha value is -0.870. The summed E-state index contributed by atoms with van der Waals surface area (Å²) in [6.07, 6.45) is 7.31. The molecule has 1 unspecified atom stereocenters. The normalized spacial score (nSPS) is 12.8. The first-order valence-corrected chi connectivity index (χ1v) is 7.12. The third-order valence-electron chi connectivity index (χ3n) is 2.84. The maximum Gasteiger partial charge on any atom is 0.0622 e. The molecule has 0 saturated heterocycles. The van der Waals surface area contributed by atoms with Crippen LogP contribution in [-0.2, 0) is 17.7 Å². The highest BCUT2D eigenvalue weighted by Crippen LogP contribution is 2.04. The van der Waals surface area contributed by atoms with Crippen LogP contribution < -0.4 is 5.32 Å². The number of hydrogen-bond acceptors (Lipinski definition) is 3. The fourth-order valence-electron chi connectivity index (χ4n) is 1.88. The summed E-state index contributed by atoms with van der Waals surface area (Å²) in [5.74, 6) is 0. The molecule has 104 valence electrons. The van der Waals surface area contributed by atoms with E-state index in [-0.39, 0.29) is 0 Å². The Labute approximate surface area is 111 Å². The van der Waals surface area contributed by atoms with Gasteiger partial charge in [0.15, 0.2) is 0 Å². The van der Waals surface area contributed by atoms with Crippen LogP contribution in [-0.4, -0.2) is 35.6 Å². The standard InChI is InChI=1S/C14H27N3O/c1-4-7-15-14(12-18-8-5-2)9-13-10-16-17(6-3)11-13/h10-11,14-15H,4-9,12H2,1-3H3. The highest BCUT2D eigenvalue weighted by molar-refractivity contribution is 5.06. The number of nitrogens with zero attached hydrogens (tertiary/aromatic N) is 2. The Morgan fingerprint density at radius 3 is 2.78 bits per heavy atom. The van der Waals surface area contributed by atoms with Gasteiger partial charge in [-0.15, -0.1) is 0 Å². The van der Waals surface area contributed by atoms with Crippen molar-refractivity contribution in [3.8, 4) is 0 Å². The molecular formula is C14H27N3O. The molecule has 4 heteroatoms. The fraction of sp³-hybridized carbons (Fsp3) is 0.786. The van der Waals surface area contributed by atoms with E-state index in [1.54, 1.807) is 0 Å². The van der Waals surface area contributed by atoms with E-state index < -0.39 is 0 Å². The van der Waals surface area contributed by atoms with Crippen molar-refractivity contribution in [3.63, 3.8) is 0 Å². The summed E-state index contributed by atoms with van der Waals surface area (Å²) >= 11 is 0. The van der Waals surface area contributed by atoms with Crippen molar-refractivity contribution in [3.05, 3.63) is 18.0 Å². The van der Waals surface area contributed by atoms with Gasteiger partial charge in [-0.05, 0) is 38.3 Å². The van der Waals surface area contributed by atoms with Crippen LogP contribution in [0.5, 0.6) is 0 Å². The summed E-state index contributed by atoms with van der Waals surface area (Å²) in [6.45, 7) is 10.0. The molecule has 0 saturated carbocycles. The van der Waals surface area contributed by atoms with E-state index in [0.29, 0.717) is 6.04 Å². The second kappa shape index (κ2) is 9.11. The van der Waals surface area contributed by atoms with Crippen molar-refractivity contribution in [2.45, 2.75) is 52.6 Å². The van der Waals surface area contributed by atoms with Gasteiger partial charge in [-0.3, -0.25) is 4.68 Å². The number of nitrogens with one attached hydrogen (secondary N) is 1. The monoisotopic (exact) mass is 253 g/mol. The molecule has 0 aliphatic heterocycles. The van der Waals surface area contributed by atoms with E-state index in [0.717, 1.165) is 45.6 Å². The van der Waals surface area contributed by atoms with Crippen molar-refractivity contribution < 1.29 is 4.74 Å². The lowest BCUT2D eigenvalue weighted by atomic mass is 10.1. The van der Waals surface area contributed by atoms with Crippen LogP contribution in [0, 0.1) is 0 Å². The summed E-state index contributed by atoms with van der Waals surface area (Å²) in [6, 6.07) is 0.394. The summed E-state index contributed by atoms with van der Waals surface area (Å²) in [5.41, 5.74) is 1.28. The number of aromatic nitrogens is 2. The first kappa shape index (κ1) is 15.2. The quantitative estimate of drug-likeness (QED) is 0.650. The molecule has 0 bridgehead atoms. The molecule has 1 aromatic rings. The zero-order chi connectivity index (χ0) is 13.2.